The minimum atomic E-state index is -1.49. The molecular weight excluding hydrogens is 348 g/mol. The number of nitrogens with zero attached hydrogens (tertiary/aromatic N) is 3. The molecule has 26 heavy (non-hydrogen) atoms. The fourth-order valence-corrected chi connectivity index (χ4v) is 4.72. The molecule has 1 aliphatic heterocycles. The largest absolute Gasteiger partial charge is 0.375 e. The molecule has 5 rings (SSSR count). The average molecular weight is 366 g/mol. The molecule has 0 spiro atoms. The zero-order valence-corrected chi connectivity index (χ0v) is 15.0. The molecule has 6 nitrogen and oxygen atoms in total. The second-order valence-corrected chi connectivity index (χ2v) is 8.11. The number of rotatable bonds is 3. The smallest absolute Gasteiger partial charge is 0.264 e. The highest BCUT2D eigenvalue weighted by Gasteiger charge is 2.51. The third-order valence-electron chi connectivity index (χ3n) is 5.27. The Morgan fingerprint density at radius 2 is 2.08 bits per heavy atom. The van der Waals surface area contributed by atoms with E-state index in [-0.39, 0.29) is 18.0 Å². The number of para-hydroxylation sites is 1. The number of pyridine rings is 1. The lowest BCUT2D eigenvalue weighted by Crippen LogP contribution is -2.53. The van der Waals surface area contributed by atoms with Gasteiger partial charge >= 0.3 is 0 Å². The zero-order valence-electron chi connectivity index (χ0n) is 14.2. The molecule has 7 heteroatoms. The van der Waals surface area contributed by atoms with Crippen LogP contribution in [-0.2, 0) is 10.4 Å². The van der Waals surface area contributed by atoms with Crippen molar-refractivity contribution in [2.45, 2.75) is 37.5 Å². The Morgan fingerprint density at radius 1 is 1.27 bits per heavy atom. The van der Waals surface area contributed by atoms with Crippen molar-refractivity contribution in [1.82, 2.24) is 9.97 Å². The molecule has 3 heterocycles. The van der Waals surface area contributed by atoms with E-state index < -0.39 is 5.60 Å². The fourth-order valence-electron chi connectivity index (χ4n) is 3.78. The van der Waals surface area contributed by atoms with Crippen LogP contribution in [0.1, 0.15) is 25.3 Å². The second kappa shape index (κ2) is 5.49. The van der Waals surface area contributed by atoms with Crippen molar-refractivity contribution in [2.24, 2.45) is 0 Å². The summed E-state index contributed by atoms with van der Waals surface area (Å²) in [5, 5.41) is 15.0. The van der Waals surface area contributed by atoms with Crippen LogP contribution >= 0.6 is 11.3 Å². The lowest BCUT2D eigenvalue weighted by atomic mass is 9.85. The van der Waals surface area contributed by atoms with Crippen molar-refractivity contribution in [3.63, 3.8) is 0 Å². The number of benzene rings is 1. The quantitative estimate of drug-likeness (QED) is 0.745. The molecule has 1 aliphatic carbocycles. The molecule has 0 saturated heterocycles. The predicted octanol–water partition coefficient (Wildman–Crippen LogP) is 2.89. The van der Waals surface area contributed by atoms with Crippen LogP contribution in [0.2, 0.25) is 0 Å². The van der Waals surface area contributed by atoms with E-state index in [1.54, 1.807) is 41.5 Å². The predicted molar refractivity (Wildman–Crippen MR) is 101 cm³/mol. The minimum absolute atomic E-state index is 0.0528. The first kappa shape index (κ1) is 15.7. The van der Waals surface area contributed by atoms with Gasteiger partial charge in [0, 0.05) is 23.8 Å². The SMILES string of the molecule is C[C@]1(O)C(=O)N([C@H]2C[C@H](Nc3nc4ccccc4s3)C2)c2ncccc21. The van der Waals surface area contributed by atoms with E-state index in [0.29, 0.717) is 11.4 Å². The van der Waals surface area contributed by atoms with Gasteiger partial charge in [0.05, 0.1) is 10.2 Å². The summed E-state index contributed by atoms with van der Waals surface area (Å²) in [4.78, 5) is 23.3. The van der Waals surface area contributed by atoms with Gasteiger partial charge in [-0.2, -0.15) is 0 Å². The highest BCUT2D eigenvalue weighted by molar-refractivity contribution is 7.22. The molecule has 132 valence electrons. The number of carbonyl (C=O) groups is 1. The van der Waals surface area contributed by atoms with Gasteiger partial charge in [-0.15, -0.1) is 0 Å². The monoisotopic (exact) mass is 366 g/mol. The Hall–Kier alpha value is -2.51. The molecule has 1 aromatic carbocycles. The fraction of sp³-hybridized carbons (Fsp3) is 0.316. The van der Waals surface area contributed by atoms with Gasteiger partial charge in [0.1, 0.15) is 5.82 Å². The lowest BCUT2D eigenvalue weighted by molar-refractivity contribution is -0.135. The Kier molecular flexibility index (Phi) is 3.32. The van der Waals surface area contributed by atoms with Crippen LogP contribution in [0.5, 0.6) is 0 Å². The maximum Gasteiger partial charge on any atom is 0.264 e. The molecule has 0 radical (unpaired) electrons. The average Bonchev–Trinajstić information content (AvgIpc) is 3.09. The highest BCUT2D eigenvalue weighted by atomic mass is 32.1. The van der Waals surface area contributed by atoms with E-state index in [1.165, 1.54) is 0 Å². The number of hydrogen-bond donors (Lipinski definition) is 2. The number of anilines is 2. The summed E-state index contributed by atoms with van der Waals surface area (Å²) in [7, 11) is 0. The van der Waals surface area contributed by atoms with Crippen molar-refractivity contribution < 1.29 is 9.90 Å². The van der Waals surface area contributed by atoms with Crippen molar-refractivity contribution in [3.05, 3.63) is 48.2 Å². The topological polar surface area (TPSA) is 78.4 Å². The van der Waals surface area contributed by atoms with Crippen LogP contribution in [0.25, 0.3) is 10.2 Å². The van der Waals surface area contributed by atoms with Crippen molar-refractivity contribution in [1.29, 1.82) is 0 Å². The number of thiazole rings is 1. The van der Waals surface area contributed by atoms with Gasteiger partial charge in [-0.25, -0.2) is 9.97 Å². The van der Waals surface area contributed by atoms with E-state index in [2.05, 4.69) is 21.4 Å². The molecule has 1 fully saturated rings. The van der Waals surface area contributed by atoms with Gasteiger partial charge in [-0.05, 0) is 38.0 Å². The first-order valence-corrected chi connectivity index (χ1v) is 9.49. The summed E-state index contributed by atoms with van der Waals surface area (Å²) in [6.45, 7) is 1.55. The molecule has 0 unspecified atom stereocenters. The normalized spacial score (nSPS) is 27.5. The van der Waals surface area contributed by atoms with E-state index >= 15 is 0 Å². The summed E-state index contributed by atoms with van der Waals surface area (Å²) in [5.74, 6) is 0.306. The summed E-state index contributed by atoms with van der Waals surface area (Å²) >= 11 is 1.64. The Morgan fingerprint density at radius 3 is 2.88 bits per heavy atom. The van der Waals surface area contributed by atoms with Gasteiger partial charge in [-0.1, -0.05) is 29.5 Å². The first-order chi connectivity index (χ1) is 12.5. The minimum Gasteiger partial charge on any atom is -0.375 e. The molecule has 1 saturated carbocycles. The van der Waals surface area contributed by atoms with Gasteiger partial charge in [-0.3, -0.25) is 9.69 Å². The molecular formula is C19H18N4O2S. The zero-order chi connectivity index (χ0) is 17.9. The van der Waals surface area contributed by atoms with E-state index in [4.69, 9.17) is 0 Å². The lowest BCUT2D eigenvalue weighted by Gasteiger charge is -2.41. The van der Waals surface area contributed by atoms with Crippen LogP contribution in [0.4, 0.5) is 10.9 Å². The first-order valence-electron chi connectivity index (χ1n) is 8.67. The maximum absolute atomic E-state index is 12.7. The Balaban J connectivity index is 1.32. The number of aromatic nitrogens is 2. The summed E-state index contributed by atoms with van der Waals surface area (Å²) in [6.07, 6.45) is 3.29. The standard InChI is InChI=1S/C19H18N4O2S/c1-19(25)13-5-4-8-20-16(13)23(17(19)24)12-9-11(10-12)21-18-22-14-6-2-3-7-15(14)26-18/h2-8,11-12,25H,9-10H2,1H3,(H,21,22)/t11-,12-,19-/m1/s1. The summed E-state index contributed by atoms with van der Waals surface area (Å²) in [6, 6.07) is 11.9. The van der Waals surface area contributed by atoms with Gasteiger partial charge < -0.3 is 10.4 Å². The number of hydrogen-bond acceptors (Lipinski definition) is 6. The molecule has 2 aromatic heterocycles. The Bertz CT molecular complexity index is 976. The van der Waals surface area contributed by atoms with Crippen LogP contribution in [-0.4, -0.2) is 33.1 Å². The number of carbonyl (C=O) groups excluding carboxylic acids is 1. The number of fused-ring (bicyclic) bond motifs is 2. The molecule has 2 N–H and O–H groups in total. The van der Waals surface area contributed by atoms with Gasteiger partial charge in [0.25, 0.3) is 5.91 Å². The van der Waals surface area contributed by atoms with E-state index in [9.17, 15) is 9.90 Å². The third-order valence-corrected chi connectivity index (χ3v) is 6.24. The third kappa shape index (κ3) is 2.24. The molecule has 3 aromatic rings. The number of aliphatic hydroxyl groups is 1. The van der Waals surface area contributed by atoms with Gasteiger partial charge in [0.15, 0.2) is 10.7 Å². The summed E-state index contributed by atoms with van der Waals surface area (Å²) in [5.41, 5.74) is 0.0992. The maximum atomic E-state index is 12.7. The number of nitrogens with one attached hydrogen (secondary N) is 1. The molecule has 1 amide bonds. The van der Waals surface area contributed by atoms with Crippen LogP contribution in [0.15, 0.2) is 42.6 Å². The van der Waals surface area contributed by atoms with E-state index in [0.717, 1.165) is 28.2 Å². The van der Waals surface area contributed by atoms with Crippen molar-refractivity contribution in [3.8, 4) is 0 Å². The molecule has 2 aliphatic rings. The Labute approximate surface area is 154 Å². The van der Waals surface area contributed by atoms with Crippen LogP contribution in [0, 0.1) is 0 Å². The molecule has 0 bridgehead atoms. The van der Waals surface area contributed by atoms with Crippen molar-refractivity contribution in [2.75, 3.05) is 10.2 Å². The van der Waals surface area contributed by atoms with Crippen molar-refractivity contribution >= 4 is 38.4 Å². The van der Waals surface area contributed by atoms with Crippen LogP contribution < -0.4 is 10.2 Å². The van der Waals surface area contributed by atoms with Gasteiger partial charge in [0.2, 0.25) is 0 Å². The van der Waals surface area contributed by atoms with E-state index in [1.807, 2.05) is 18.2 Å². The molecule has 1 atom stereocenters. The number of amides is 1. The second-order valence-electron chi connectivity index (χ2n) is 7.08. The summed E-state index contributed by atoms with van der Waals surface area (Å²) < 4.78 is 1.16. The highest BCUT2D eigenvalue weighted by Crippen LogP contribution is 2.43. The van der Waals surface area contributed by atoms with Crippen LogP contribution in [0.3, 0.4) is 0 Å².